The van der Waals surface area contributed by atoms with Crippen LogP contribution >= 0.6 is 0 Å². The van der Waals surface area contributed by atoms with Gasteiger partial charge in [-0.2, -0.15) is 0 Å². The van der Waals surface area contributed by atoms with Gasteiger partial charge in [0.15, 0.2) is 11.5 Å². The molecule has 1 heterocycles. The summed E-state index contributed by atoms with van der Waals surface area (Å²) in [5.74, 6) is 0.428. The van der Waals surface area contributed by atoms with Gasteiger partial charge in [0.05, 0.1) is 19.1 Å². The molecule has 2 atom stereocenters. The first-order valence-electron chi connectivity index (χ1n) is 7.98. The summed E-state index contributed by atoms with van der Waals surface area (Å²) in [6.07, 6.45) is 5.40. The number of nitrogens with one attached hydrogen (secondary N) is 1. The largest absolute Gasteiger partial charge is 0.493 e. The fourth-order valence-corrected chi connectivity index (χ4v) is 3.43. The van der Waals surface area contributed by atoms with Crippen molar-refractivity contribution in [2.75, 3.05) is 13.7 Å². The molecular formula is C17H23NO4. The summed E-state index contributed by atoms with van der Waals surface area (Å²) in [6, 6.07) is 5.85. The standard InChI is InChI=1S/C17H23NO4/c1-21-15-8-4-7-13(14-9-11(10-18-14)17(19)20)16(15)22-12-5-2-3-6-12/h4,7-8,11-12,14,18H,2-3,5-6,9-10H2,1H3,(H,19,20). The lowest BCUT2D eigenvalue weighted by Gasteiger charge is -2.22. The molecule has 0 spiro atoms. The van der Waals surface area contributed by atoms with Gasteiger partial charge in [-0.15, -0.1) is 0 Å². The van der Waals surface area contributed by atoms with Gasteiger partial charge in [-0.1, -0.05) is 12.1 Å². The van der Waals surface area contributed by atoms with Crippen molar-refractivity contribution in [2.24, 2.45) is 5.92 Å². The second kappa shape index (κ2) is 6.57. The molecule has 1 aliphatic carbocycles. The van der Waals surface area contributed by atoms with E-state index in [1.54, 1.807) is 7.11 Å². The quantitative estimate of drug-likeness (QED) is 0.875. The molecule has 22 heavy (non-hydrogen) atoms. The molecule has 5 heteroatoms. The summed E-state index contributed by atoms with van der Waals surface area (Å²) >= 11 is 0. The molecular weight excluding hydrogens is 282 g/mol. The van der Waals surface area contributed by atoms with Gasteiger partial charge >= 0.3 is 5.97 Å². The van der Waals surface area contributed by atoms with E-state index in [1.165, 1.54) is 12.8 Å². The molecule has 0 aromatic heterocycles. The van der Waals surface area contributed by atoms with Gasteiger partial charge in [0, 0.05) is 18.2 Å². The molecule has 1 aliphatic heterocycles. The zero-order valence-corrected chi connectivity index (χ0v) is 12.9. The van der Waals surface area contributed by atoms with Crippen LogP contribution in [0, 0.1) is 5.92 Å². The molecule has 2 unspecified atom stereocenters. The molecule has 0 radical (unpaired) electrons. The fourth-order valence-electron chi connectivity index (χ4n) is 3.43. The van der Waals surface area contributed by atoms with Gasteiger partial charge in [0.2, 0.25) is 0 Å². The molecule has 1 saturated carbocycles. The highest BCUT2D eigenvalue weighted by Gasteiger charge is 2.33. The van der Waals surface area contributed by atoms with Crippen molar-refractivity contribution in [1.82, 2.24) is 5.32 Å². The summed E-state index contributed by atoms with van der Waals surface area (Å²) in [5, 5.41) is 12.5. The van der Waals surface area contributed by atoms with Crippen LogP contribution in [0.5, 0.6) is 11.5 Å². The van der Waals surface area contributed by atoms with Crippen LogP contribution < -0.4 is 14.8 Å². The van der Waals surface area contributed by atoms with Crippen LogP contribution in [0.3, 0.4) is 0 Å². The van der Waals surface area contributed by atoms with Gasteiger partial charge in [-0.05, 0) is 38.2 Å². The molecule has 0 amide bonds. The van der Waals surface area contributed by atoms with E-state index >= 15 is 0 Å². The normalized spacial score (nSPS) is 25.3. The van der Waals surface area contributed by atoms with Crippen molar-refractivity contribution in [3.63, 3.8) is 0 Å². The second-order valence-corrected chi connectivity index (χ2v) is 6.13. The number of carboxylic acid groups (broad SMARTS) is 1. The Morgan fingerprint density at radius 1 is 1.32 bits per heavy atom. The third-order valence-electron chi connectivity index (χ3n) is 4.67. The molecule has 2 aliphatic rings. The van der Waals surface area contributed by atoms with E-state index in [-0.39, 0.29) is 18.1 Å². The van der Waals surface area contributed by atoms with Crippen molar-refractivity contribution in [1.29, 1.82) is 0 Å². The molecule has 2 N–H and O–H groups in total. The van der Waals surface area contributed by atoms with Gasteiger partial charge in [-0.25, -0.2) is 0 Å². The van der Waals surface area contributed by atoms with Crippen LogP contribution in [0.2, 0.25) is 0 Å². The minimum Gasteiger partial charge on any atom is -0.493 e. The van der Waals surface area contributed by atoms with E-state index in [0.29, 0.717) is 13.0 Å². The number of para-hydroxylation sites is 1. The third-order valence-corrected chi connectivity index (χ3v) is 4.67. The number of methoxy groups -OCH3 is 1. The van der Waals surface area contributed by atoms with Crippen LogP contribution in [-0.4, -0.2) is 30.8 Å². The topological polar surface area (TPSA) is 67.8 Å². The maximum atomic E-state index is 11.2. The van der Waals surface area contributed by atoms with Crippen LogP contribution in [0.4, 0.5) is 0 Å². The molecule has 3 rings (SSSR count). The summed E-state index contributed by atoms with van der Waals surface area (Å²) in [5.41, 5.74) is 1.01. The number of hydrogen-bond acceptors (Lipinski definition) is 4. The number of carboxylic acids is 1. The molecule has 120 valence electrons. The minimum absolute atomic E-state index is 0.00704. The van der Waals surface area contributed by atoms with E-state index < -0.39 is 5.97 Å². The van der Waals surface area contributed by atoms with Crippen molar-refractivity contribution in [3.05, 3.63) is 23.8 Å². The Bertz CT molecular complexity index is 539. The Labute approximate surface area is 130 Å². The number of ether oxygens (including phenoxy) is 2. The van der Waals surface area contributed by atoms with E-state index in [2.05, 4.69) is 5.32 Å². The molecule has 2 fully saturated rings. The third kappa shape index (κ3) is 3.04. The smallest absolute Gasteiger partial charge is 0.307 e. The first-order chi connectivity index (χ1) is 10.7. The highest BCUT2D eigenvalue weighted by atomic mass is 16.5. The SMILES string of the molecule is COc1cccc(C2CC(C(=O)O)CN2)c1OC1CCCC1. The van der Waals surface area contributed by atoms with E-state index in [0.717, 1.165) is 29.9 Å². The molecule has 1 saturated heterocycles. The lowest BCUT2D eigenvalue weighted by atomic mass is 9.99. The predicted octanol–water partition coefficient (Wildman–Crippen LogP) is 2.75. The zero-order chi connectivity index (χ0) is 15.5. The average molecular weight is 305 g/mol. The summed E-state index contributed by atoms with van der Waals surface area (Å²) in [7, 11) is 1.64. The van der Waals surface area contributed by atoms with Crippen LogP contribution in [0.15, 0.2) is 18.2 Å². The van der Waals surface area contributed by atoms with Crippen LogP contribution in [-0.2, 0) is 4.79 Å². The van der Waals surface area contributed by atoms with Crippen LogP contribution in [0.25, 0.3) is 0 Å². The fraction of sp³-hybridized carbons (Fsp3) is 0.588. The first-order valence-corrected chi connectivity index (χ1v) is 7.98. The number of aliphatic carboxylic acids is 1. The molecule has 0 bridgehead atoms. The summed E-state index contributed by atoms with van der Waals surface area (Å²) in [6.45, 7) is 0.500. The average Bonchev–Trinajstić information content (AvgIpc) is 3.18. The van der Waals surface area contributed by atoms with Gasteiger partial charge in [-0.3, -0.25) is 4.79 Å². The van der Waals surface area contributed by atoms with E-state index in [1.807, 2.05) is 18.2 Å². The first kappa shape index (κ1) is 15.2. The van der Waals surface area contributed by atoms with Crippen molar-refractivity contribution in [2.45, 2.75) is 44.2 Å². The maximum Gasteiger partial charge on any atom is 0.307 e. The molecule has 5 nitrogen and oxygen atoms in total. The Hall–Kier alpha value is -1.75. The summed E-state index contributed by atoms with van der Waals surface area (Å²) < 4.78 is 11.7. The Balaban J connectivity index is 1.85. The van der Waals surface area contributed by atoms with Crippen molar-refractivity contribution in [3.8, 4) is 11.5 Å². The van der Waals surface area contributed by atoms with Gasteiger partial charge in [0.25, 0.3) is 0 Å². The highest BCUT2D eigenvalue weighted by Crippen LogP contribution is 2.40. The Morgan fingerprint density at radius 2 is 2.09 bits per heavy atom. The number of hydrogen-bond donors (Lipinski definition) is 2. The predicted molar refractivity (Wildman–Crippen MR) is 82.4 cm³/mol. The minimum atomic E-state index is -0.740. The zero-order valence-electron chi connectivity index (χ0n) is 12.9. The Morgan fingerprint density at radius 3 is 2.73 bits per heavy atom. The van der Waals surface area contributed by atoms with Gasteiger partial charge < -0.3 is 19.9 Å². The van der Waals surface area contributed by atoms with Crippen LogP contribution in [0.1, 0.15) is 43.7 Å². The number of benzene rings is 1. The van der Waals surface area contributed by atoms with Crippen molar-refractivity contribution >= 4 is 5.97 Å². The molecule has 1 aromatic rings. The highest BCUT2D eigenvalue weighted by molar-refractivity contribution is 5.71. The second-order valence-electron chi connectivity index (χ2n) is 6.13. The van der Waals surface area contributed by atoms with Gasteiger partial charge in [0.1, 0.15) is 0 Å². The molecule has 1 aromatic carbocycles. The Kier molecular flexibility index (Phi) is 4.52. The van der Waals surface area contributed by atoms with Crippen molar-refractivity contribution < 1.29 is 19.4 Å². The monoisotopic (exact) mass is 305 g/mol. The van der Waals surface area contributed by atoms with E-state index in [4.69, 9.17) is 9.47 Å². The lowest BCUT2D eigenvalue weighted by Crippen LogP contribution is -2.19. The lowest BCUT2D eigenvalue weighted by molar-refractivity contribution is -0.141. The number of carbonyl (C=O) groups is 1. The number of rotatable bonds is 5. The summed E-state index contributed by atoms with van der Waals surface area (Å²) in [4.78, 5) is 11.2. The maximum absolute atomic E-state index is 11.2. The van der Waals surface area contributed by atoms with E-state index in [9.17, 15) is 9.90 Å².